The van der Waals surface area contributed by atoms with Crippen molar-refractivity contribution in [3.8, 4) is 11.8 Å². The van der Waals surface area contributed by atoms with E-state index in [1.807, 2.05) is 11.8 Å². The molecule has 2 aromatic rings. The van der Waals surface area contributed by atoms with Gasteiger partial charge >= 0.3 is 0 Å². The molecule has 9 heteroatoms. The first-order chi connectivity index (χ1) is 14.9. The van der Waals surface area contributed by atoms with Crippen LogP contribution >= 0.6 is 0 Å². The third kappa shape index (κ3) is 4.11. The lowest BCUT2D eigenvalue weighted by Crippen LogP contribution is -2.41. The fraction of sp³-hybridized carbons (Fsp3) is 0.318. The largest absolute Gasteiger partial charge is 0.492 e. The lowest BCUT2D eigenvalue weighted by Gasteiger charge is -2.32. The number of piperidine rings is 1. The zero-order valence-electron chi connectivity index (χ0n) is 17.0. The number of nitrogens with one attached hydrogen (secondary N) is 1. The Hall–Kier alpha value is -3.38. The molecule has 2 heterocycles. The fourth-order valence-electron chi connectivity index (χ4n) is 3.88. The summed E-state index contributed by atoms with van der Waals surface area (Å²) in [6.07, 6.45) is 1.13. The molecule has 4 rings (SSSR count). The molecule has 1 N–H and O–H groups in total. The zero-order chi connectivity index (χ0) is 22.0. The number of nitriles is 1. The molecule has 0 unspecified atom stereocenters. The molecule has 0 radical (unpaired) electrons. The Labute approximate surface area is 181 Å². The van der Waals surface area contributed by atoms with Crippen LogP contribution in [0.15, 0.2) is 51.8 Å². The van der Waals surface area contributed by atoms with E-state index in [1.165, 1.54) is 0 Å². The van der Waals surface area contributed by atoms with E-state index in [-0.39, 0.29) is 16.7 Å². The molecule has 0 saturated carbocycles. The molecular formula is C22H22N4O4S. The molecule has 2 aliphatic heterocycles. The molecule has 0 spiro atoms. The minimum Gasteiger partial charge on any atom is -0.492 e. The molecule has 1 fully saturated rings. The number of benzene rings is 2. The molecule has 0 aromatic heterocycles. The van der Waals surface area contributed by atoms with Crippen LogP contribution in [-0.4, -0.2) is 44.8 Å². The lowest BCUT2D eigenvalue weighted by molar-refractivity contribution is -0.121. The number of ether oxygens (including phenoxy) is 1. The van der Waals surface area contributed by atoms with E-state index in [0.717, 1.165) is 0 Å². The minimum absolute atomic E-state index is 0.142. The number of nitrogens with zero attached hydrogens (tertiary/aromatic N) is 3. The first-order valence-electron chi connectivity index (χ1n) is 10.1. The van der Waals surface area contributed by atoms with Crippen LogP contribution in [-0.2, 0) is 14.8 Å². The van der Waals surface area contributed by atoms with Crippen molar-refractivity contribution in [2.45, 2.75) is 24.7 Å². The third-order valence-corrected chi connectivity index (χ3v) is 6.77. The van der Waals surface area contributed by atoms with Crippen LogP contribution in [0.1, 0.15) is 30.9 Å². The summed E-state index contributed by atoms with van der Waals surface area (Å²) in [5.41, 5.74) is 1.53. The van der Waals surface area contributed by atoms with E-state index < -0.39 is 10.0 Å². The lowest BCUT2D eigenvalue weighted by atomic mass is 9.95. The summed E-state index contributed by atoms with van der Waals surface area (Å²) in [7, 11) is -3.66. The summed E-state index contributed by atoms with van der Waals surface area (Å²) < 4.78 is 34.1. The van der Waals surface area contributed by atoms with E-state index in [1.54, 1.807) is 42.5 Å². The smallest absolute Gasteiger partial charge is 0.285 e. The molecular weight excluding hydrogens is 416 g/mol. The van der Waals surface area contributed by atoms with Crippen LogP contribution in [0.4, 0.5) is 5.69 Å². The van der Waals surface area contributed by atoms with Crippen LogP contribution in [0.5, 0.6) is 5.75 Å². The van der Waals surface area contributed by atoms with E-state index in [2.05, 4.69) is 15.8 Å². The van der Waals surface area contributed by atoms with E-state index in [0.29, 0.717) is 60.9 Å². The summed E-state index contributed by atoms with van der Waals surface area (Å²) in [6, 6.07) is 13.8. The van der Waals surface area contributed by atoms with Gasteiger partial charge in [-0.1, -0.05) is 12.1 Å². The molecule has 0 bridgehead atoms. The minimum atomic E-state index is -3.66. The summed E-state index contributed by atoms with van der Waals surface area (Å²) in [6.45, 7) is 3.35. The SMILES string of the molecule is CCOc1ccc(C#N)cc1NC(=O)C1CCN(C2=NS(=O)(=O)c3ccccc32)CC1. The third-order valence-electron chi connectivity index (χ3n) is 5.44. The number of carbonyl (C=O) groups excluding carboxylic acids is 1. The highest BCUT2D eigenvalue weighted by atomic mass is 32.2. The van der Waals surface area contributed by atoms with Crippen LogP contribution in [0.2, 0.25) is 0 Å². The molecule has 160 valence electrons. The maximum atomic E-state index is 12.9. The Morgan fingerprint density at radius 2 is 2.00 bits per heavy atom. The van der Waals surface area contributed by atoms with Crippen molar-refractivity contribution in [3.63, 3.8) is 0 Å². The van der Waals surface area contributed by atoms with Crippen molar-refractivity contribution in [3.05, 3.63) is 53.6 Å². The van der Waals surface area contributed by atoms with Gasteiger partial charge in [0.25, 0.3) is 10.0 Å². The number of rotatable bonds is 4. The van der Waals surface area contributed by atoms with Gasteiger partial charge in [0.05, 0.1) is 23.9 Å². The van der Waals surface area contributed by atoms with Gasteiger partial charge in [-0.2, -0.15) is 13.7 Å². The van der Waals surface area contributed by atoms with Crippen LogP contribution in [0, 0.1) is 17.2 Å². The number of amides is 1. The first-order valence-corrected chi connectivity index (χ1v) is 11.5. The van der Waals surface area contributed by atoms with Crippen molar-refractivity contribution >= 4 is 27.5 Å². The molecule has 0 aliphatic carbocycles. The summed E-state index contributed by atoms with van der Waals surface area (Å²) in [4.78, 5) is 15.0. The molecule has 31 heavy (non-hydrogen) atoms. The van der Waals surface area contributed by atoms with Crippen molar-refractivity contribution in [1.82, 2.24) is 4.90 Å². The van der Waals surface area contributed by atoms with Gasteiger partial charge in [0.15, 0.2) is 5.84 Å². The standard InChI is InChI=1S/C22H22N4O4S/c1-2-30-19-8-7-15(14-23)13-18(19)24-22(27)16-9-11-26(12-10-16)21-17-5-3-4-6-20(17)31(28,29)25-21/h3-8,13,16H,2,9-12H2,1H3,(H,24,27). The second kappa shape index (κ2) is 8.40. The van der Waals surface area contributed by atoms with Crippen LogP contribution in [0.25, 0.3) is 0 Å². The van der Waals surface area contributed by atoms with Gasteiger partial charge in [0.2, 0.25) is 5.91 Å². The molecule has 2 aromatic carbocycles. The number of carbonyl (C=O) groups is 1. The van der Waals surface area contributed by atoms with E-state index in [4.69, 9.17) is 10.00 Å². The van der Waals surface area contributed by atoms with Crippen LogP contribution in [0.3, 0.4) is 0 Å². The van der Waals surface area contributed by atoms with Gasteiger partial charge in [-0.25, -0.2) is 0 Å². The second-order valence-electron chi connectivity index (χ2n) is 7.39. The molecule has 8 nitrogen and oxygen atoms in total. The predicted molar refractivity (Wildman–Crippen MR) is 115 cm³/mol. The highest BCUT2D eigenvalue weighted by Crippen LogP contribution is 2.31. The Bertz CT molecular complexity index is 1190. The Kier molecular flexibility index (Phi) is 5.65. The number of likely N-dealkylation sites (tertiary alicyclic amines) is 1. The number of amidine groups is 1. The number of fused-ring (bicyclic) bond motifs is 1. The summed E-state index contributed by atoms with van der Waals surface area (Å²) >= 11 is 0. The van der Waals surface area contributed by atoms with E-state index >= 15 is 0 Å². The average molecular weight is 439 g/mol. The monoisotopic (exact) mass is 438 g/mol. The summed E-state index contributed by atoms with van der Waals surface area (Å²) in [5.74, 6) is 0.603. The molecule has 1 saturated heterocycles. The van der Waals surface area contributed by atoms with Crippen molar-refractivity contribution in [2.75, 3.05) is 25.0 Å². The maximum absolute atomic E-state index is 12.9. The Morgan fingerprint density at radius 1 is 1.26 bits per heavy atom. The number of hydrogen-bond donors (Lipinski definition) is 1. The van der Waals surface area contributed by atoms with Gasteiger partial charge in [-0.15, -0.1) is 4.40 Å². The van der Waals surface area contributed by atoms with Gasteiger partial charge in [0, 0.05) is 24.6 Å². The fourth-order valence-corrected chi connectivity index (χ4v) is 5.11. The quantitative estimate of drug-likeness (QED) is 0.786. The second-order valence-corrected chi connectivity index (χ2v) is 8.96. The highest BCUT2D eigenvalue weighted by Gasteiger charge is 2.34. The molecule has 0 atom stereocenters. The molecule has 2 aliphatic rings. The van der Waals surface area contributed by atoms with Crippen molar-refractivity contribution in [1.29, 1.82) is 5.26 Å². The van der Waals surface area contributed by atoms with Crippen molar-refractivity contribution in [2.24, 2.45) is 10.3 Å². The molecule has 1 amide bonds. The average Bonchev–Trinajstić information content (AvgIpc) is 3.06. The number of sulfonamides is 1. The van der Waals surface area contributed by atoms with E-state index in [9.17, 15) is 13.2 Å². The normalized spacial score (nSPS) is 17.4. The Morgan fingerprint density at radius 3 is 2.71 bits per heavy atom. The Balaban J connectivity index is 1.45. The maximum Gasteiger partial charge on any atom is 0.285 e. The van der Waals surface area contributed by atoms with Gasteiger partial charge < -0.3 is 15.0 Å². The zero-order valence-corrected chi connectivity index (χ0v) is 17.9. The predicted octanol–water partition coefficient (Wildman–Crippen LogP) is 2.76. The van der Waals surface area contributed by atoms with Crippen LogP contribution < -0.4 is 10.1 Å². The van der Waals surface area contributed by atoms with Gasteiger partial charge in [-0.05, 0) is 50.1 Å². The topological polar surface area (TPSA) is 112 Å². The summed E-state index contributed by atoms with van der Waals surface area (Å²) in [5, 5.41) is 12.0. The highest BCUT2D eigenvalue weighted by molar-refractivity contribution is 7.90. The van der Waals surface area contributed by atoms with Gasteiger partial charge in [0.1, 0.15) is 10.6 Å². The van der Waals surface area contributed by atoms with Gasteiger partial charge in [-0.3, -0.25) is 4.79 Å². The first kappa shape index (κ1) is 20.9. The number of anilines is 1. The van der Waals surface area contributed by atoms with Crippen molar-refractivity contribution < 1.29 is 17.9 Å². The number of hydrogen-bond acceptors (Lipinski definition) is 6.